The number of nitrogens with zero attached hydrogens (tertiary/aromatic N) is 3. The summed E-state index contributed by atoms with van der Waals surface area (Å²) in [7, 11) is 0. The van der Waals surface area contributed by atoms with Gasteiger partial charge in [0, 0.05) is 42.7 Å². The van der Waals surface area contributed by atoms with E-state index in [-0.39, 0.29) is 12.0 Å². The summed E-state index contributed by atoms with van der Waals surface area (Å²) >= 11 is 9.53. The molecule has 126 valence electrons. The van der Waals surface area contributed by atoms with Crippen LogP contribution in [0.1, 0.15) is 29.0 Å². The summed E-state index contributed by atoms with van der Waals surface area (Å²) in [6.07, 6.45) is 3.27. The average molecular weight is 411 g/mol. The third kappa shape index (κ3) is 4.05. The van der Waals surface area contributed by atoms with Gasteiger partial charge in [0.05, 0.1) is 10.6 Å². The lowest BCUT2D eigenvalue weighted by Crippen LogP contribution is -2.42. The fourth-order valence-electron chi connectivity index (χ4n) is 2.68. The molecule has 0 atom stereocenters. The van der Waals surface area contributed by atoms with E-state index in [1.165, 1.54) is 0 Å². The van der Waals surface area contributed by atoms with Crippen LogP contribution in [0.3, 0.4) is 0 Å². The number of ether oxygens (including phenoxy) is 1. The maximum absolute atomic E-state index is 12.6. The second-order valence-electron chi connectivity index (χ2n) is 5.68. The highest BCUT2D eigenvalue weighted by molar-refractivity contribution is 9.10. The molecule has 1 amide bonds. The number of piperidine rings is 1. The predicted molar refractivity (Wildman–Crippen MR) is 95.5 cm³/mol. The molecule has 0 aliphatic carbocycles. The number of hydrogen-bond acceptors (Lipinski definition) is 4. The quantitative estimate of drug-likeness (QED) is 0.770. The predicted octanol–water partition coefficient (Wildman–Crippen LogP) is 3.88. The molecule has 1 saturated heterocycles. The van der Waals surface area contributed by atoms with Crippen molar-refractivity contribution in [1.29, 1.82) is 0 Å². The van der Waals surface area contributed by atoms with Crippen LogP contribution in [0, 0.1) is 6.92 Å². The largest absolute Gasteiger partial charge is 0.474 e. The molecule has 0 radical (unpaired) electrons. The summed E-state index contributed by atoms with van der Waals surface area (Å²) in [5.74, 6) is 1.23. The minimum Gasteiger partial charge on any atom is -0.474 e. The molecule has 24 heavy (non-hydrogen) atoms. The number of hydrogen-bond donors (Lipinski definition) is 0. The van der Waals surface area contributed by atoms with E-state index in [1.54, 1.807) is 24.4 Å². The zero-order chi connectivity index (χ0) is 17.1. The smallest absolute Gasteiger partial charge is 0.255 e. The molecule has 0 N–H and O–H groups in total. The van der Waals surface area contributed by atoms with Gasteiger partial charge < -0.3 is 9.64 Å². The van der Waals surface area contributed by atoms with Crippen LogP contribution in [0.5, 0.6) is 5.88 Å². The van der Waals surface area contributed by atoms with Crippen molar-refractivity contribution < 1.29 is 9.53 Å². The van der Waals surface area contributed by atoms with Gasteiger partial charge in [-0.3, -0.25) is 4.79 Å². The van der Waals surface area contributed by atoms with Crippen LogP contribution < -0.4 is 4.74 Å². The third-order valence-electron chi connectivity index (χ3n) is 3.93. The van der Waals surface area contributed by atoms with Crippen LogP contribution in [0.25, 0.3) is 0 Å². The van der Waals surface area contributed by atoms with Crippen LogP contribution in [0.4, 0.5) is 0 Å². The van der Waals surface area contributed by atoms with Crippen molar-refractivity contribution in [3.63, 3.8) is 0 Å². The summed E-state index contributed by atoms with van der Waals surface area (Å²) in [4.78, 5) is 22.8. The Morgan fingerprint density at radius 2 is 2.08 bits per heavy atom. The van der Waals surface area contributed by atoms with Crippen molar-refractivity contribution in [3.8, 4) is 5.88 Å². The Morgan fingerprint density at radius 3 is 2.79 bits per heavy atom. The van der Waals surface area contributed by atoms with E-state index in [1.807, 2.05) is 17.9 Å². The number of aromatic nitrogens is 2. The molecule has 1 fully saturated rings. The highest BCUT2D eigenvalue weighted by Crippen LogP contribution is 2.24. The molecule has 1 aromatic carbocycles. The minimum atomic E-state index is -0.0439. The van der Waals surface area contributed by atoms with Gasteiger partial charge in [-0.15, -0.1) is 0 Å². The first kappa shape index (κ1) is 17.2. The molecule has 0 unspecified atom stereocenters. The molecule has 2 heterocycles. The number of amides is 1. The monoisotopic (exact) mass is 409 g/mol. The topological polar surface area (TPSA) is 55.3 Å². The molecule has 0 spiro atoms. The molecule has 5 nitrogen and oxygen atoms in total. The lowest BCUT2D eigenvalue weighted by Gasteiger charge is -2.32. The summed E-state index contributed by atoms with van der Waals surface area (Å²) in [5.41, 5.74) is 0.525. The Morgan fingerprint density at radius 1 is 1.33 bits per heavy atom. The Bertz CT molecular complexity index is 748. The van der Waals surface area contributed by atoms with Crippen LogP contribution >= 0.6 is 27.5 Å². The maximum atomic E-state index is 12.6. The summed E-state index contributed by atoms with van der Waals surface area (Å²) in [6, 6.07) is 7.07. The van der Waals surface area contributed by atoms with Crippen molar-refractivity contribution in [3.05, 3.63) is 51.3 Å². The Labute approximate surface area is 154 Å². The van der Waals surface area contributed by atoms with Gasteiger partial charge in [-0.1, -0.05) is 27.5 Å². The van der Waals surface area contributed by atoms with Gasteiger partial charge in [-0.2, -0.15) is 4.98 Å². The fourth-order valence-corrected chi connectivity index (χ4v) is 3.24. The van der Waals surface area contributed by atoms with E-state index in [0.29, 0.717) is 35.4 Å². The van der Waals surface area contributed by atoms with Crippen molar-refractivity contribution in [1.82, 2.24) is 14.9 Å². The molecule has 1 aliphatic rings. The van der Waals surface area contributed by atoms with E-state index in [9.17, 15) is 4.79 Å². The number of halogens is 2. The van der Waals surface area contributed by atoms with Crippen molar-refractivity contribution in [2.75, 3.05) is 13.1 Å². The average Bonchev–Trinajstić information content (AvgIpc) is 2.57. The zero-order valence-corrected chi connectivity index (χ0v) is 15.5. The van der Waals surface area contributed by atoms with Gasteiger partial charge in [0.25, 0.3) is 5.91 Å². The van der Waals surface area contributed by atoms with Gasteiger partial charge in [0.2, 0.25) is 5.88 Å². The number of aryl methyl sites for hydroxylation is 1. The van der Waals surface area contributed by atoms with Gasteiger partial charge >= 0.3 is 0 Å². The molecular weight excluding hydrogens is 394 g/mol. The summed E-state index contributed by atoms with van der Waals surface area (Å²) in [5, 5.41) is 0.470. The number of benzene rings is 1. The lowest BCUT2D eigenvalue weighted by atomic mass is 10.1. The highest BCUT2D eigenvalue weighted by Gasteiger charge is 2.26. The van der Waals surface area contributed by atoms with E-state index in [2.05, 4.69) is 25.9 Å². The van der Waals surface area contributed by atoms with Crippen molar-refractivity contribution in [2.24, 2.45) is 0 Å². The second kappa shape index (κ2) is 7.49. The summed E-state index contributed by atoms with van der Waals surface area (Å²) in [6.45, 7) is 3.10. The molecular formula is C17H17BrClN3O2. The lowest BCUT2D eigenvalue weighted by molar-refractivity contribution is 0.0587. The molecule has 0 saturated carbocycles. The number of likely N-dealkylation sites (tertiary alicyclic amines) is 1. The molecule has 3 rings (SSSR count). The second-order valence-corrected chi connectivity index (χ2v) is 7.00. The molecule has 7 heteroatoms. The molecule has 2 aromatic rings. The van der Waals surface area contributed by atoms with E-state index in [4.69, 9.17) is 16.3 Å². The SMILES string of the molecule is Cc1nccc(OC2CCN(C(=O)c3cc(Br)ccc3Cl)CC2)n1. The van der Waals surface area contributed by atoms with Crippen LogP contribution in [0.15, 0.2) is 34.9 Å². The molecule has 1 aliphatic heterocycles. The number of carbonyl (C=O) groups excluding carboxylic acids is 1. The Kier molecular flexibility index (Phi) is 5.36. The van der Waals surface area contributed by atoms with Gasteiger partial charge in [-0.25, -0.2) is 4.98 Å². The van der Waals surface area contributed by atoms with Crippen molar-refractivity contribution in [2.45, 2.75) is 25.9 Å². The molecule has 1 aromatic heterocycles. The standard InChI is InChI=1S/C17H17BrClN3O2/c1-11-20-7-4-16(21-11)24-13-5-8-22(9-6-13)17(23)14-10-12(18)2-3-15(14)19/h2-4,7,10,13H,5-6,8-9H2,1H3. The van der Waals surface area contributed by atoms with E-state index in [0.717, 1.165) is 17.3 Å². The van der Waals surface area contributed by atoms with Gasteiger partial charge in [0.1, 0.15) is 11.9 Å². The van der Waals surface area contributed by atoms with Gasteiger partial charge in [0.15, 0.2) is 0 Å². The first-order valence-corrected chi connectivity index (χ1v) is 8.90. The van der Waals surface area contributed by atoms with Crippen LogP contribution in [0.2, 0.25) is 5.02 Å². The highest BCUT2D eigenvalue weighted by atomic mass is 79.9. The first-order valence-electron chi connectivity index (χ1n) is 7.73. The summed E-state index contributed by atoms with van der Waals surface area (Å²) < 4.78 is 6.73. The van der Waals surface area contributed by atoms with Crippen LogP contribution in [-0.2, 0) is 0 Å². The minimum absolute atomic E-state index is 0.0439. The van der Waals surface area contributed by atoms with Crippen LogP contribution in [-0.4, -0.2) is 40.0 Å². The Balaban J connectivity index is 1.60. The van der Waals surface area contributed by atoms with Gasteiger partial charge in [-0.05, 0) is 25.1 Å². The third-order valence-corrected chi connectivity index (χ3v) is 4.75. The normalized spacial score (nSPS) is 15.4. The number of carbonyl (C=O) groups is 1. The Hall–Kier alpha value is -1.66. The van der Waals surface area contributed by atoms with E-state index >= 15 is 0 Å². The first-order chi connectivity index (χ1) is 11.5. The van der Waals surface area contributed by atoms with E-state index < -0.39 is 0 Å². The van der Waals surface area contributed by atoms with Crippen molar-refractivity contribution >= 4 is 33.4 Å². The molecule has 0 bridgehead atoms. The maximum Gasteiger partial charge on any atom is 0.255 e. The fraction of sp³-hybridized carbons (Fsp3) is 0.353. The zero-order valence-electron chi connectivity index (χ0n) is 13.2. The number of rotatable bonds is 3.